The molecule has 4 rings (SSSR count). The minimum atomic E-state index is 0.557. The number of nitrogens with zero attached hydrogens (tertiary/aromatic N) is 3. The van der Waals surface area contributed by atoms with Gasteiger partial charge in [-0.05, 0) is 61.2 Å². The first-order chi connectivity index (χ1) is 12.4. The molecule has 2 heterocycles. The second kappa shape index (κ2) is 7.13. The van der Waals surface area contributed by atoms with Crippen molar-refractivity contribution in [2.24, 2.45) is 0 Å². The molecular weight excluding hydrogens is 312 g/mol. The van der Waals surface area contributed by atoms with Crippen molar-refractivity contribution in [1.29, 1.82) is 0 Å². The number of anilines is 2. The zero-order chi connectivity index (χ0) is 16.9. The normalized spacial score (nSPS) is 13.4. The second-order valence-corrected chi connectivity index (χ2v) is 5.80. The average molecular weight is 330 g/mol. The lowest BCUT2D eigenvalue weighted by atomic mass is 10.1. The number of ether oxygens (including phenoxy) is 1. The number of pyridine rings is 1. The SMILES string of the molecule is C1=C(c2nccnc2Oc2ccc(Nc3ccccn3)cc2)CCC1. The van der Waals surface area contributed by atoms with Crippen LogP contribution in [-0.4, -0.2) is 15.0 Å². The van der Waals surface area contributed by atoms with E-state index in [0.717, 1.165) is 35.8 Å². The molecule has 0 bridgehead atoms. The summed E-state index contributed by atoms with van der Waals surface area (Å²) in [5, 5.41) is 3.25. The van der Waals surface area contributed by atoms with Crippen molar-refractivity contribution in [3.05, 3.63) is 72.8 Å². The number of hydrogen-bond acceptors (Lipinski definition) is 5. The van der Waals surface area contributed by atoms with Crippen molar-refractivity contribution >= 4 is 17.1 Å². The molecule has 0 aliphatic heterocycles. The molecule has 0 saturated carbocycles. The number of nitrogens with one attached hydrogen (secondary N) is 1. The fourth-order valence-corrected chi connectivity index (χ4v) is 2.81. The van der Waals surface area contributed by atoms with Crippen molar-refractivity contribution in [1.82, 2.24) is 15.0 Å². The van der Waals surface area contributed by atoms with Crippen molar-refractivity contribution < 1.29 is 4.74 Å². The molecule has 1 aromatic carbocycles. The number of allylic oxidation sites excluding steroid dienone is 2. The molecule has 2 aromatic heterocycles. The number of benzene rings is 1. The van der Waals surface area contributed by atoms with Crippen LogP contribution >= 0.6 is 0 Å². The molecule has 1 aliphatic rings. The molecule has 5 heteroatoms. The molecule has 0 amide bonds. The third kappa shape index (κ3) is 3.66. The first kappa shape index (κ1) is 15.3. The van der Waals surface area contributed by atoms with Crippen molar-refractivity contribution in [3.63, 3.8) is 0 Å². The van der Waals surface area contributed by atoms with Gasteiger partial charge in [-0.25, -0.2) is 15.0 Å². The van der Waals surface area contributed by atoms with Gasteiger partial charge in [0.05, 0.1) is 0 Å². The molecule has 1 N–H and O–H groups in total. The van der Waals surface area contributed by atoms with Crippen LogP contribution in [0.25, 0.3) is 5.57 Å². The van der Waals surface area contributed by atoms with Crippen molar-refractivity contribution in [2.45, 2.75) is 19.3 Å². The van der Waals surface area contributed by atoms with Crippen LogP contribution in [0.3, 0.4) is 0 Å². The molecule has 5 nitrogen and oxygen atoms in total. The van der Waals surface area contributed by atoms with E-state index in [9.17, 15) is 0 Å². The van der Waals surface area contributed by atoms with E-state index in [-0.39, 0.29) is 0 Å². The molecule has 25 heavy (non-hydrogen) atoms. The number of hydrogen-bond donors (Lipinski definition) is 1. The van der Waals surface area contributed by atoms with Gasteiger partial charge in [-0.3, -0.25) is 0 Å². The summed E-state index contributed by atoms with van der Waals surface area (Å²) in [6.07, 6.45) is 10.6. The summed E-state index contributed by atoms with van der Waals surface area (Å²) in [5.41, 5.74) is 3.01. The van der Waals surface area contributed by atoms with Crippen LogP contribution in [0, 0.1) is 0 Å². The predicted octanol–water partition coefficient (Wildman–Crippen LogP) is 4.97. The van der Waals surface area contributed by atoms with E-state index in [2.05, 4.69) is 26.3 Å². The topological polar surface area (TPSA) is 59.9 Å². The highest BCUT2D eigenvalue weighted by molar-refractivity contribution is 5.68. The quantitative estimate of drug-likeness (QED) is 0.715. The van der Waals surface area contributed by atoms with E-state index in [0.29, 0.717) is 5.88 Å². The Hall–Kier alpha value is -3.21. The van der Waals surface area contributed by atoms with Gasteiger partial charge in [-0.1, -0.05) is 12.1 Å². The van der Waals surface area contributed by atoms with Gasteiger partial charge < -0.3 is 10.1 Å². The fourth-order valence-electron chi connectivity index (χ4n) is 2.81. The zero-order valence-corrected chi connectivity index (χ0v) is 13.7. The summed E-state index contributed by atoms with van der Waals surface area (Å²) in [5.74, 6) is 2.09. The summed E-state index contributed by atoms with van der Waals surface area (Å²) in [6, 6.07) is 13.5. The summed E-state index contributed by atoms with van der Waals surface area (Å²) in [7, 11) is 0. The second-order valence-electron chi connectivity index (χ2n) is 5.80. The summed E-state index contributed by atoms with van der Waals surface area (Å²) < 4.78 is 5.97. The molecule has 1 aliphatic carbocycles. The number of aromatic nitrogens is 3. The smallest absolute Gasteiger partial charge is 0.245 e. The Balaban J connectivity index is 1.50. The standard InChI is InChI=1S/C20H18N4O/c1-2-6-15(5-1)19-20(23-14-13-22-19)25-17-10-8-16(9-11-17)24-18-7-3-4-12-21-18/h3-5,7-14H,1-2,6H2,(H,21,24). The Morgan fingerprint density at radius 2 is 1.76 bits per heavy atom. The number of rotatable bonds is 5. The Kier molecular flexibility index (Phi) is 4.37. The van der Waals surface area contributed by atoms with Crippen LogP contribution in [0.4, 0.5) is 11.5 Å². The van der Waals surface area contributed by atoms with E-state index in [1.807, 2.05) is 42.5 Å². The van der Waals surface area contributed by atoms with Gasteiger partial charge in [0.25, 0.3) is 0 Å². The lowest BCUT2D eigenvalue weighted by molar-refractivity contribution is 0.458. The highest BCUT2D eigenvalue weighted by Crippen LogP contribution is 2.33. The molecule has 0 spiro atoms. The molecular formula is C20H18N4O. The maximum absolute atomic E-state index is 5.97. The highest BCUT2D eigenvalue weighted by atomic mass is 16.5. The third-order valence-corrected chi connectivity index (χ3v) is 4.02. The Morgan fingerprint density at radius 3 is 2.52 bits per heavy atom. The monoisotopic (exact) mass is 330 g/mol. The lowest BCUT2D eigenvalue weighted by Crippen LogP contribution is -1.97. The van der Waals surface area contributed by atoms with E-state index < -0.39 is 0 Å². The molecule has 0 atom stereocenters. The van der Waals surface area contributed by atoms with Gasteiger partial charge in [-0.2, -0.15) is 0 Å². The molecule has 0 radical (unpaired) electrons. The van der Waals surface area contributed by atoms with E-state index in [1.54, 1.807) is 18.6 Å². The molecule has 124 valence electrons. The Morgan fingerprint density at radius 1 is 0.880 bits per heavy atom. The van der Waals surface area contributed by atoms with E-state index in [4.69, 9.17) is 4.74 Å². The first-order valence-electron chi connectivity index (χ1n) is 8.35. The lowest BCUT2D eigenvalue weighted by Gasteiger charge is -2.10. The van der Waals surface area contributed by atoms with Gasteiger partial charge in [0.2, 0.25) is 5.88 Å². The van der Waals surface area contributed by atoms with E-state index >= 15 is 0 Å². The van der Waals surface area contributed by atoms with Crippen LogP contribution in [0.2, 0.25) is 0 Å². The third-order valence-electron chi connectivity index (χ3n) is 4.02. The van der Waals surface area contributed by atoms with Gasteiger partial charge in [-0.15, -0.1) is 0 Å². The Bertz CT molecular complexity index is 876. The Labute approximate surface area is 146 Å². The maximum atomic E-state index is 5.97. The van der Waals surface area contributed by atoms with Crippen LogP contribution < -0.4 is 10.1 Å². The zero-order valence-electron chi connectivity index (χ0n) is 13.7. The summed E-state index contributed by atoms with van der Waals surface area (Å²) >= 11 is 0. The molecule has 3 aromatic rings. The first-order valence-corrected chi connectivity index (χ1v) is 8.35. The minimum Gasteiger partial charge on any atom is -0.437 e. The summed E-state index contributed by atoms with van der Waals surface area (Å²) in [4.78, 5) is 13.1. The van der Waals surface area contributed by atoms with Crippen LogP contribution in [0.5, 0.6) is 11.6 Å². The minimum absolute atomic E-state index is 0.557. The fraction of sp³-hybridized carbons (Fsp3) is 0.150. The average Bonchev–Trinajstić information content (AvgIpc) is 3.19. The largest absolute Gasteiger partial charge is 0.437 e. The highest BCUT2D eigenvalue weighted by Gasteiger charge is 2.15. The molecule has 0 fully saturated rings. The van der Waals surface area contributed by atoms with Gasteiger partial charge in [0, 0.05) is 24.3 Å². The predicted molar refractivity (Wildman–Crippen MR) is 97.9 cm³/mol. The van der Waals surface area contributed by atoms with Gasteiger partial charge in [0.15, 0.2) is 0 Å². The van der Waals surface area contributed by atoms with Crippen LogP contribution in [-0.2, 0) is 0 Å². The van der Waals surface area contributed by atoms with Gasteiger partial charge >= 0.3 is 0 Å². The maximum Gasteiger partial charge on any atom is 0.245 e. The van der Waals surface area contributed by atoms with Crippen LogP contribution in [0.1, 0.15) is 25.0 Å². The summed E-state index contributed by atoms with van der Waals surface area (Å²) in [6.45, 7) is 0. The van der Waals surface area contributed by atoms with Crippen LogP contribution in [0.15, 0.2) is 67.1 Å². The molecule has 0 unspecified atom stereocenters. The van der Waals surface area contributed by atoms with Gasteiger partial charge in [0.1, 0.15) is 17.3 Å². The van der Waals surface area contributed by atoms with Crippen molar-refractivity contribution in [3.8, 4) is 11.6 Å². The molecule has 0 saturated heterocycles. The van der Waals surface area contributed by atoms with Crippen molar-refractivity contribution in [2.75, 3.05) is 5.32 Å². The van der Waals surface area contributed by atoms with E-state index in [1.165, 1.54) is 12.0 Å².